The van der Waals surface area contributed by atoms with Gasteiger partial charge in [-0.2, -0.15) is 4.98 Å². The molecule has 3 heterocycles. The number of aryl methyl sites for hydroxylation is 1. The van der Waals surface area contributed by atoms with Crippen molar-refractivity contribution < 1.29 is 8.42 Å². The van der Waals surface area contributed by atoms with Gasteiger partial charge in [0.15, 0.2) is 5.82 Å². The molecule has 1 aromatic carbocycles. The van der Waals surface area contributed by atoms with Gasteiger partial charge in [0.25, 0.3) is 5.56 Å². The molecular weight excluding hydrogens is 452 g/mol. The highest BCUT2D eigenvalue weighted by atomic mass is 32.2. The van der Waals surface area contributed by atoms with Crippen LogP contribution in [0.4, 0.5) is 11.6 Å². The molecule has 176 valence electrons. The van der Waals surface area contributed by atoms with Crippen LogP contribution in [-0.2, 0) is 16.6 Å². The lowest BCUT2D eigenvalue weighted by Crippen LogP contribution is -2.24. The second-order valence-electron chi connectivity index (χ2n) is 8.62. The van der Waals surface area contributed by atoms with Crippen LogP contribution in [0.15, 0.2) is 53.7 Å². The maximum absolute atomic E-state index is 13.3. The van der Waals surface area contributed by atoms with Gasteiger partial charge in [-0.3, -0.25) is 9.36 Å². The number of hydrogen-bond donors (Lipinski definition) is 1. The van der Waals surface area contributed by atoms with Crippen LogP contribution in [0.3, 0.4) is 0 Å². The average Bonchev–Trinajstić information content (AvgIpc) is 3.52. The second kappa shape index (κ2) is 8.68. The number of benzene rings is 1. The van der Waals surface area contributed by atoms with E-state index >= 15 is 0 Å². The average molecular weight is 479 g/mol. The number of imidazole rings is 1. The minimum Gasteiger partial charge on any atom is -0.324 e. The molecular formula is C24H26N6O3S. The van der Waals surface area contributed by atoms with Gasteiger partial charge in [0.1, 0.15) is 5.65 Å². The summed E-state index contributed by atoms with van der Waals surface area (Å²) in [4.78, 5) is 26.4. The highest BCUT2D eigenvalue weighted by molar-refractivity contribution is 7.89. The van der Waals surface area contributed by atoms with Crippen molar-refractivity contribution in [3.05, 3.63) is 64.8 Å². The molecule has 3 aromatic heterocycles. The maximum Gasteiger partial charge on any atom is 0.263 e. The van der Waals surface area contributed by atoms with E-state index < -0.39 is 10.0 Å². The van der Waals surface area contributed by atoms with Gasteiger partial charge >= 0.3 is 0 Å². The van der Waals surface area contributed by atoms with Gasteiger partial charge in [0.05, 0.1) is 11.8 Å². The topological polar surface area (TPSA) is 112 Å². The highest BCUT2D eigenvalue weighted by Gasteiger charge is 2.20. The van der Waals surface area contributed by atoms with E-state index in [0.717, 1.165) is 15.9 Å². The third kappa shape index (κ3) is 4.09. The molecule has 34 heavy (non-hydrogen) atoms. The number of fused-ring (bicyclic) bond motifs is 1. The van der Waals surface area contributed by atoms with Crippen molar-refractivity contribution in [3.63, 3.8) is 0 Å². The van der Waals surface area contributed by atoms with Crippen LogP contribution < -0.4 is 10.9 Å². The first-order chi connectivity index (χ1) is 16.3. The minimum atomic E-state index is -3.61. The Morgan fingerprint density at radius 3 is 2.53 bits per heavy atom. The van der Waals surface area contributed by atoms with Gasteiger partial charge in [-0.1, -0.05) is 25.0 Å². The molecule has 0 radical (unpaired) electrons. The number of nitrogens with one attached hydrogen (secondary N) is 1. The van der Waals surface area contributed by atoms with E-state index in [1.807, 2.05) is 19.1 Å². The third-order valence-corrected chi connectivity index (χ3v) is 7.35. The Kier molecular flexibility index (Phi) is 5.68. The summed E-state index contributed by atoms with van der Waals surface area (Å²) in [6.07, 6.45) is 10.5. The summed E-state index contributed by atoms with van der Waals surface area (Å²) in [6, 6.07) is 9.95. The van der Waals surface area contributed by atoms with Crippen molar-refractivity contribution in [2.75, 3.05) is 11.6 Å². The van der Waals surface area contributed by atoms with Gasteiger partial charge < -0.3 is 5.32 Å². The Hall–Kier alpha value is -3.53. The quantitative estimate of drug-likeness (QED) is 0.447. The van der Waals surface area contributed by atoms with E-state index in [4.69, 9.17) is 0 Å². The number of aromatic nitrogens is 5. The Morgan fingerprint density at radius 1 is 1.12 bits per heavy atom. The maximum atomic E-state index is 13.3. The molecule has 1 saturated carbocycles. The van der Waals surface area contributed by atoms with Crippen LogP contribution in [0.2, 0.25) is 0 Å². The van der Waals surface area contributed by atoms with Crippen LogP contribution >= 0.6 is 0 Å². The molecule has 0 amide bonds. The summed E-state index contributed by atoms with van der Waals surface area (Å²) >= 11 is 0. The minimum absolute atomic E-state index is 0.0705. The van der Waals surface area contributed by atoms with E-state index in [1.54, 1.807) is 12.3 Å². The monoisotopic (exact) mass is 478 g/mol. The zero-order chi connectivity index (χ0) is 23.9. The van der Waals surface area contributed by atoms with Crippen LogP contribution in [0.1, 0.15) is 44.1 Å². The molecule has 0 saturated heterocycles. The van der Waals surface area contributed by atoms with Crippen LogP contribution in [0, 0.1) is 0 Å². The van der Waals surface area contributed by atoms with E-state index in [2.05, 4.69) is 32.4 Å². The summed E-state index contributed by atoms with van der Waals surface area (Å²) in [5, 5.41) is 3.84. The molecule has 5 rings (SSSR count). The molecule has 1 aliphatic rings. The molecule has 0 bridgehead atoms. The predicted octanol–water partition coefficient (Wildman–Crippen LogP) is 3.88. The number of rotatable bonds is 6. The zero-order valence-corrected chi connectivity index (χ0v) is 19.9. The van der Waals surface area contributed by atoms with Crippen LogP contribution in [0.5, 0.6) is 0 Å². The normalized spacial score (nSPS) is 14.6. The van der Waals surface area contributed by atoms with Crippen molar-refractivity contribution in [2.45, 2.75) is 45.1 Å². The van der Waals surface area contributed by atoms with Gasteiger partial charge in [0, 0.05) is 36.2 Å². The Labute approximate surface area is 197 Å². The van der Waals surface area contributed by atoms with Gasteiger partial charge in [-0.05, 0) is 49.4 Å². The number of hydrogen-bond acceptors (Lipinski definition) is 7. The smallest absolute Gasteiger partial charge is 0.263 e. The largest absolute Gasteiger partial charge is 0.324 e. The van der Waals surface area contributed by atoms with Gasteiger partial charge in [-0.15, -0.1) is 0 Å². The van der Waals surface area contributed by atoms with Crippen LogP contribution in [0.25, 0.3) is 22.4 Å². The standard InChI is InChI=1S/C24H26N6O3S/c1-3-29-21-18(14-20(23(29)31)22-25-12-13-30(22)34(2,32)33)15-26-24(28-21)27-19-10-8-17(9-11-19)16-6-4-5-7-16/h8-16H,3-7H2,1-2H3,(H,26,27,28). The third-order valence-electron chi connectivity index (χ3n) is 6.34. The Balaban J connectivity index is 1.51. The van der Waals surface area contributed by atoms with Crippen molar-refractivity contribution in [1.82, 2.24) is 23.5 Å². The predicted molar refractivity (Wildman–Crippen MR) is 132 cm³/mol. The fourth-order valence-electron chi connectivity index (χ4n) is 4.65. The molecule has 0 unspecified atom stereocenters. The van der Waals surface area contributed by atoms with Crippen molar-refractivity contribution in [1.29, 1.82) is 0 Å². The van der Waals surface area contributed by atoms with E-state index in [1.165, 1.54) is 48.2 Å². The highest BCUT2D eigenvalue weighted by Crippen LogP contribution is 2.34. The Morgan fingerprint density at radius 2 is 1.85 bits per heavy atom. The summed E-state index contributed by atoms with van der Waals surface area (Å²) in [7, 11) is -3.61. The van der Waals surface area contributed by atoms with E-state index in [9.17, 15) is 13.2 Å². The second-order valence-corrected chi connectivity index (χ2v) is 10.5. The number of nitrogens with zero attached hydrogens (tertiary/aromatic N) is 5. The molecule has 1 aliphatic carbocycles. The van der Waals surface area contributed by atoms with Gasteiger partial charge in [0.2, 0.25) is 16.0 Å². The lowest BCUT2D eigenvalue weighted by molar-refractivity contribution is 0.594. The fourth-order valence-corrected chi connectivity index (χ4v) is 5.38. The molecule has 1 fully saturated rings. The Bertz CT molecular complexity index is 1520. The summed E-state index contributed by atoms with van der Waals surface area (Å²) in [5.41, 5.74) is 2.52. The lowest BCUT2D eigenvalue weighted by atomic mass is 9.98. The molecule has 0 atom stereocenters. The van der Waals surface area contributed by atoms with E-state index in [0.29, 0.717) is 29.4 Å². The molecule has 9 nitrogen and oxygen atoms in total. The number of anilines is 2. The first kappa shape index (κ1) is 22.3. The summed E-state index contributed by atoms with van der Waals surface area (Å²) in [6.45, 7) is 2.19. The fraction of sp³-hybridized carbons (Fsp3) is 0.333. The summed E-state index contributed by atoms with van der Waals surface area (Å²) in [5.74, 6) is 1.10. The molecule has 0 spiro atoms. The number of pyridine rings is 1. The first-order valence-electron chi connectivity index (χ1n) is 11.4. The first-order valence-corrected chi connectivity index (χ1v) is 13.2. The zero-order valence-electron chi connectivity index (χ0n) is 19.1. The molecule has 4 aromatic rings. The lowest BCUT2D eigenvalue weighted by Gasteiger charge is -2.13. The van der Waals surface area contributed by atoms with Crippen molar-refractivity contribution in [3.8, 4) is 11.4 Å². The molecule has 10 heteroatoms. The molecule has 0 aliphatic heterocycles. The van der Waals surface area contributed by atoms with E-state index in [-0.39, 0.29) is 16.9 Å². The van der Waals surface area contributed by atoms with Crippen molar-refractivity contribution in [2.24, 2.45) is 0 Å². The van der Waals surface area contributed by atoms with Crippen molar-refractivity contribution >= 4 is 32.7 Å². The van der Waals surface area contributed by atoms with Gasteiger partial charge in [-0.25, -0.2) is 22.4 Å². The summed E-state index contributed by atoms with van der Waals surface area (Å²) < 4.78 is 26.7. The van der Waals surface area contributed by atoms with Crippen LogP contribution in [-0.4, -0.2) is 38.2 Å². The molecule has 1 N–H and O–H groups in total. The SMILES string of the molecule is CCn1c(=O)c(-c2nccn2S(C)(=O)=O)cc2cnc(Nc3ccc(C4CCCC4)cc3)nc21.